The molecular weight excluding hydrogens is 288 g/mol. The molecule has 114 valence electrons. The highest BCUT2D eigenvalue weighted by atomic mass is 32.2. The van der Waals surface area contributed by atoms with Crippen molar-refractivity contribution in [2.45, 2.75) is 19.3 Å². The average Bonchev–Trinajstić information content (AvgIpc) is 2.45. The van der Waals surface area contributed by atoms with Crippen LogP contribution in [0.2, 0.25) is 0 Å². The van der Waals surface area contributed by atoms with Crippen molar-refractivity contribution in [3.05, 3.63) is 35.9 Å². The Hall–Kier alpha value is -1.82. The number of anilines is 1. The van der Waals surface area contributed by atoms with Gasteiger partial charge in [0, 0.05) is 24.9 Å². The van der Waals surface area contributed by atoms with E-state index in [0.717, 1.165) is 37.8 Å². The molecule has 1 amide bonds. The van der Waals surface area contributed by atoms with Crippen LogP contribution in [-0.4, -0.2) is 38.6 Å². The number of benzene rings is 1. The largest absolute Gasteiger partial charge is 0.339 e. The van der Waals surface area contributed by atoms with Gasteiger partial charge >= 0.3 is 0 Å². The summed E-state index contributed by atoms with van der Waals surface area (Å²) in [6.07, 6.45) is 7.78. The first-order chi connectivity index (χ1) is 9.94. The number of amides is 1. The molecule has 0 saturated carbocycles. The fourth-order valence-corrected chi connectivity index (χ4v) is 2.83. The molecule has 1 saturated heterocycles. The van der Waals surface area contributed by atoms with E-state index in [1.54, 1.807) is 36.4 Å². The molecule has 0 radical (unpaired) electrons. The molecule has 21 heavy (non-hydrogen) atoms. The number of sulfonamides is 1. The summed E-state index contributed by atoms with van der Waals surface area (Å²) in [6, 6.07) is 6.89. The van der Waals surface area contributed by atoms with Crippen molar-refractivity contribution in [3.63, 3.8) is 0 Å². The highest BCUT2D eigenvalue weighted by Gasteiger charge is 2.13. The molecule has 1 heterocycles. The lowest BCUT2D eigenvalue weighted by molar-refractivity contribution is -0.126. The molecule has 0 bridgehead atoms. The number of hydrogen-bond donors (Lipinski definition) is 1. The second kappa shape index (κ2) is 6.76. The molecule has 5 nitrogen and oxygen atoms in total. The fraction of sp³-hybridized carbons (Fsp3) is 0.400. The van der Waals surface area contributed by atoms with E-state index in [2.05, 4.69) is 4.72 Å². The lowest BCUT2D eigenvalue weighted by atomic mass is 10.1. The molecule has 0 atom stereocenters. The number of carbonyl (C=O) groups excluding carboxylic acids is 1. The van der Waals surface area contributed by atoms with Crippen LogP contribution in [0.5, 0.6) is 0 Å². The molecular formula is C15H20N2O3S. The van der Waals surface area contributed by atoms with Crippen molar-refractivity contribution in [2.75, 3.05) is 24.1 Å². The van der Waals surface area contributed by atoms with Crippen LogP contribution in [0.15, 0.2) is 30.3 Å². The SMILES string of the molecule is CS(=O)(=O)Nc1ccc(/C=C/C(=O)N2CCCCC2)cc1. The van der Waals surface area contributed by atoms with Gasteiger partial charge in [0.25, 0.3) is 0 Å². The van der Waals surface area contributed by atoms with E-state index >= 15 is 0 Å². The second-order valence-electron chi connectivity index (χ2n) is 5.22. The maximum Gasteiger partial charge on any atom is 0.246 e. The zero-order chi connectivity index (χ0) is 15.3. The number of piperidine rings is 1. The number of carbonyl (C=O) groups is 1. The van der Waals surface area contributed by atoms with Crippen LogP contribution in [0, 0.1) is 0 Å². The first-order valence-corrected chi connectivity index (χ1v) is 8.88. The molecule has 1 N–H and O–H groups in total. The molecule has 1 aliphatic rings. The van der Waals surface area contributed by atoms with Gasteiger partial charge in [0.2, 0.25) is 15.9 Å². The van der Waals surface area contributed by atoms with Crippen LogP contribution in [-0.2, 0) is 14.8 Å². The molecule has 1 aliphatic heterocycles. The molecule has 0 aromatic heterocycles. The Morgan fingerprint density at radius 3 is 2.33 bits per heavy atom. The van der Waals surface area contributed by atoms with E-state index in [1.807, 2.05) is 4.90 Å². The smallest absolute Gasteiger partial charge is 0.246 e. The Bertz CT molecular complexity index is 615. The maximum atomic E-state index is 12.0. The minimum absolute atomic E-state index is 0.0352. The van der Waals surface area contributed by atoms with E-state index < -0.39 is 10.0 Å². The number of nitrogens with zero attached hydrogens (tertiary/aromatic N) is 1. The maximum absolute atomic E-state index is 12.0. The fourth-order valence-electron chi connectivity index (χ4n) is 2.26. The third kappa shape index (κ3) is 5.23. The van der Waals surface area contributed by atoms with Gasteiger partial charge in [-0.15, -0.1) is 0 Å². The van der Waals surface area contributed by atoms with Gasteiger partial charge in [0.05, 0.1) is 6.26 Å². The van der Waals surface area contributed by atoms with E-state index in [9.17, 15) is 13.2 Å². The van der Waals surface area contributed by atoms with Crippen molar-refractivity contribution < 1.29 is 13.2 Å². The summed E-state index contributed by atoms with van der Waals surface area (Å²) in [6.45, 7) is 1.67. The van der Waals surface area contributed by atoms with Crippen LogP contribution >= 0.6 is 0 Å². The molecule has 1 aromatic rings. The molecule has 0 aliphatic carbocycles. The summed E-state index contributed by atoms with van der Waals surface area (Å²) in [5, 5.41) is 0. The van der Waals surface area contributed by atoms with Crippen molar-refractivity contribution in [1.82, 2.24) is 4.90 Å². The highest BCUT2D eigenvalue weighted by molar-refractivity contribution is 7.92. The third-order valence-corrected chi connectivity index (χ3v) is 3.91. The summed E-state index contributed by atoms with van der Waals surface area (Å²) in [5.41, 5.74) is 1.37. The van der Waals surface area contributed by atoms with Gasteiger partial charge in [-0.05, 0) is 43.0 Å². The van der Waals surface area contributed by atoms with Crippen molar-refractivity contribution in [3.8, 4) is 0 Å². The van der Waals surface area contributed by atoms with Gasteiger partial charge in [-0.1, -0.05) is 12.1 Å². The standard InChI is InChI=1S/C15H20N2O3S/c1-21(19,20)16-14-8-5-13(6-9-14)7-10-15(18)17-11-3-2-4-12-17/h5-10,16H,2-4,11-12H2,1H3/b10-7+. The normalized spacial score (nSPS) is 16.1. The topological polar surface area (TPSA) is 66.5 Å². The summed E-state index contributed by atoms with van der Waals surface area (Å²) < 4.78 is 24.6. The van der Waals surface area contributed by atoms with E-state index in [0.29, 0.717) is 5.69 Å². The lowest BCUT2D eigenvalue weighted by Gasteiger charge is -2.25. The van der Waals surface area contributed by atoms with Gasteiger partial charge in [0.15, 0.2) is 0 Å². The van der Waals surface area contributed by atoms with Crippen LogP contribution in [0.25, 0.3) is 6.08 Å². The van der Waals surface area contributed by atoms with Crippen LogP contribution in [0.3, 0.4) is 0 Å². The van der Waals surface area contributed by atoms with Gasteiger partial charge < -0.3 is 4.90 Å². The number of rotatable bonds is 4. The van der Waals surface area contributed by atoms with Gasteiger partial charge in [-0.25, -0.2) is 8.42 Å². The number of hydrogen-bond acceptors (Lipinski definition) is 3. The third-order valence-electron chi connectivity index (χ3n) is 3.30. The predicted molar refractivity (Wildman–Crippen MR) is 84.4 cm³/mol. The molecule has 2 rings (SSSR count). The first kappa shape index (κ1) is 15.6. The van der Waals surface area contributed by atoms with Crippen LogP contribution in [0.4, 0.5) is 5.69 Å². The van der Waals surface area contributed by atoms with Crippen molar-refractivity contribution in [2.24, 2.45) is 0 Å². The van der Waals surface area contributed by atoms with Gasteiger partial charge in [-0.2, -0.15) is 0 Å². The zero-order valence-corrected chi connectivity index (χ0v) is 12.9. The molecule has 1 fully saturated rings. The van der Waals surface area contributed by atoms with Gasteiger partial charge in [-0.3, -0.25) is 9.52 Å². The Morgan fingerprint density at radius 1 is 1.14 bits per heavy atom. The van der Waals surface area contributed by atoms with Gasteiger partial charge in [0.1, 0.15) is 0 Å². The second-order valence-corrected chi connectivity index (χ2v) is 6.96. The summed E-state index contributed by atoms with van der Waals surface area (Å²) in [7, 11) is -3.26. The predicted octanol–water partition coefficient (Wildman–Crippen LogP) is 2.08. The zero-order valence-electron chi connectivity index (χ0n) is 12.1. The quantitative estimate of drug-likeness (QED) is 0.866. The van der Waals surface area contributed by atoms with Crippen molar-refractivity contribution in [1.29, 1.82) is 0 Å². The Balaban J connectivity index is 1.96. The van der Waals surface area contributed by atoms with E-state index in [4.69, 9.17) is 0 Å². The molecule has 0 unspecified atom stereocenters. The first-order valence-electron chi connectivity index (χ1n) is 6.99. The Morgan fingerprint density at radius 2 is 1.76 bits per heavy atom. The molecule has 1 aromatic carbocycles. The minimum atomic E-state index is -3.26. The number of likely N-dealkylation sites (tertiary alicyclic amines) is 1. The van der Waals surface area contributed by atoms with Crippen LogP contribution < -0.4 is 4.72 Å². The average molecular weight is 308 g/mol. The lowest BCUT2D eigenvalue weighted by Crippen LogP contribution is -2.34. The Labute approximate surface area is 125 Å². The van der Waals surface area contributed by atoms with E-state index in [1.165, 1.54) is 6.42 Å². The molecule has 0 spiro atoms. The Kier molecular flexibility index (Phi) is 5.01. The van der Waals surface area contributed by atoms with Crippen molar-refractivity contribution >= 4 is 27.7 Å². The highest BCUT2D eigenvalue weighted by Crippen LogP contribution is 2.13. The van der Waals surface area contributed by atoms with E-state index in [-0.39, 0.29) is 5.91 Å². The summed E-state index contributed by atoms with van der Waals surface area (Å²) >= 11 is 0. The van der Waals surface area contributed by atoms with Crippen LogP contribution in [0.1, 0.15) is 24.8 Å². The summed E-state index contributed by atoms with van der Waals surface area (Å²) in [5.74, 6) is 0.0352. The minimum Gasteiger partial charge on any atom is -0.339 e. The number of nitrogens with one attached hydrogen (secondary N) is 1. The molecule has 6 heteroatoms. The monoisotopic (exact) mass is 308 g/mol. The summed E-state index contributed by atoms with van der Waals surface area (Å²) in [4.78, 5) is 13.8.